The smallest absolute Gasteiger partial charge is 0.219 e. The van der Waals surface area contributed by atoms with Gasteiger partial charge in [0.05, 0.1) is 0 Å². The topological polar surface area (TPSA) is 80.9 Å². The molecule has 0 aliphatic heterocycles. The molecule has 0 aliphatic rings. The van der Waals surface area contributed by atoms with E-state index in [0.29, 0.717) is 23.3 Å². The Morgan fingerprint density at radius 2 is 2.36 bits per heavy atom. The number of nitrogens with zero attached hydrogens (tertiary/aromatic N) is 2. The molecule has 0 bridgehead atoms. The predicted octanol–water partition coefficient (Wildman–Crippen LogP) is 0.726. The molecule has 6 heteroatoms. The van der Waals surface area contributed by atoms with Crippen LogP contribution < -0.4 is 11.1 Å². The molecule has 76 valence electrons. The van der Waals surface area contributed by atoms with Gasteiger partial charge < -0.3 is 11.1 Å². The Balaban J connectivity index is 2.54. The van der Waals surface area contributed by atoms with E-state index in [0.717, 1.165) is 0 Å². The second kappa shape index (κ2) is 4.76. The molecule has 0 spiro atoms. The van der Waals surface area contributed by atoms with Crippen molar-refractivity contribution < 1.29 is 4.79 Å². The molecule has 0 saturated heterocycles. The lowest BCUT2D eigenvalue weighted by Crippen LogP contribution is -2.16. The maximum absolute atomic E-state index is 10.4. The third-order valence-corrected chi connectivity index (χ3v) is 1.68. The number of hydrogen-bond acceptors (Lipinski definition) is 4. The highest BCUT2D eigenvalue weighted by molar-refractivity contribution is 6.29. The van der Waals surface area contributed by atoms with Crippen molar-refractivity contribution in [3.05, 3.63) is 17.0 Å². The van der Waals surface area contributed by atoms with E-state index in [9.17, 15) is 4.79 Å². The van der Waals surface area contributed by atoms with E-state index in [-0.39, 0.29) is 12.3 Å². The van der Waals surface area contributed by atoms with E-state index in [1.807, 2.05) is 0 Å². The molecule has 1 rings (SSSR count). The van der Waals surface area contributed by atoms with Gasteiger partial charge in [-0.15, -0.1) is 0 Å². The van der Waals surface area contributed by atoms with Gasteiger partial charge in [-0.05, 0) is 6.92 Å². The number of carbonyl (C=O) groups excluding carboxylic acids is 1. The summed E-state index contributed by atoms with van der Waals surface area (Å²) in [6.45, 7) is 2.19. The minimum atomic E-state index is -0.352. The molecule has 3 N–H and O–H groups in total. The van der Waals surface area contributed by atoms with Crippen LogP contribution in [0.15, 0.2) is 6.07 Å². The third kappa shape index (κ3) is 3.57. The number of nitrogens with one attached hydrogen (secondary N) is 1. The highest BCUT2D eigenvalue weighted by Crippen LogP contribution is 2.10. The molecule has 14 heavy (non-hydrogen) atoms. The minimum Gasteiger partial charge on any atom is -0.370 e. The molecule has 0 radical (unpaired) electrons. The van der Waals surface area contributed by atoms with Gasteiger partial charge in [-0.1, -0.05) is 11.6 Å². The van der Waals surface area contributed by atoms with Gasteiger partial charge in [0.2, 0.25) is 5.91 Å². The minimum absolute atomic E-state index is 0.265. The van der Waals surface area contributed by atoms with Crippen LogP contribution >= 0.6 is 11.6 Å². The molecule has 0 aromatic carbocycles. The monoisotopic (exact) mass is 214 g/mol. The summed E-state index contributed by atoms with van der Waals surface area (Å²) in [6.07, 6.45) is 0.265. The second-order valence-corrected chi connectivity index (χ2v) is 3.15. The van der Waals surface area contributed by atoms with E-state index < -0.39 is 0 Å². The third-order valence-electron chi connectivity index (χ3n) is 1.48. The Bertz CT molecular complexity index is 322. The Kier molecular flexibility index (Phi) is 3.64. The van der Waals surface area contributed by atoms with Crippen molar-refractivity contribution in [2.45, 2.75) is 13.3 Å². The van der Waals surface area contributed by atoms with Crippen molar-refractivity contribution in [2.24, 2.45) is 5.73 Å². The van der Waals surface area contributed by atoms with Gasteiger partial charge in [0, 0.05) is 19.0 Å². The van der Waals surface area contributed by atoms with Crippen molar-refractivity contribution in [3.8, 4) is 0 Å². The van der Waals surface area contributed by atoms with Crippen LogP contribution in [0.1, 0.15) is 12.2 Å². The first kappa shape index (κ1) is 10.7. The van der Waals surface area contributed by atoms with Crippen molar-refractivity contribution in [1.29, 1.82) is 0 Å². The Labute approximate surface area is 86.7 Å². The summed E-state index contributed by atoms with van der Waals surface area (Å²) >= 11 is 5.71. The molecular weight excluding hydrogens is 204 g/mol. The average Bonchev–Trinajstić information content (AvgIpc) is 2.01. The van der Waals surface area contributed by atoms with Crippen LogP contribution in [0.5, 0.6) is 0 Å². The maximum Gasteiger partial charge on any atom is 0.219 e. The van der Waals surface area contributed by atoms with Crippen molar-refractivity contribution in [3.63, 3.8) is 0 Å². The first-order valence-electron chi connectivity index (χ1n) is 4.11. The zero-order chi connectivity index (χ0) is 10.6. The fourth-order valence-corrected chi connectivity index (χ4v) is 1.16. The van der Waals surface area contributed by atoms with Crippen molar-refractivity contribution in [2.75, 3.05) is 11.9 Å². The van der Waals surface area contributed by atoms with Gasteiger partial charge in [0.15, 0.2) is 0 Å². The van der Waals surface area contributed by atoms with Crippen LogP contribution in [0.2, 0.25) is 5.15 Å². The summed E-state index contributed by atoms with van der Waals surface area (Å²) in [5.74, 6) is 0.831. The summed E-state index contributed by atoms with van der Waals surface area (Å²) in [7, 11) is 0. The number of nitrogens with two attached hydrogens (primary N) is 1. The first-order chi connectivity index (χ1) is 6.58. The number of rotatable bonds is 4. The number of halogens is 1. The van der Waals surface area contributed by atoms with Gasteiger partial charge >= 0.3 is 0 Å². The zero-order valence-electron chi connectivity index (χ0n) is 7.75. The first-order valence-corrected chi connectivity index (χ1v) is 4.49. The molecule has 1 amide bonds. The SMILES string of the molecule is Cc1nc(Cl)cc(NCCC(N)=O)n1. The number of aromatic nitrogens is 2. The van der Waals surface area contributed by atoms with Crippen molar-refractivity contribution in [1.82, 2.24) is 9.97 Å². The largest absolute Gasteiger partial charge is 0.370 e. The lowest BCUT2D eigenvalue weighted by atomic mass is 10.4. The van der Waals surface area contributed by atoms with Crippen LogP contribution in [-0.4, -0.2) is 22.4 Å². The van der Waals surface area contributed by atoms with Gasteiger partial charge in [-0.25, -0.2) is 9.97 Å². The molecule has 0 atom stereocenters. The summed E-state index contributed by atoms with van der Waals surface area (Å²) in [4.78, 5) is 18.4. The van der Waals surface area contributed by atoms with Crippen LogP contribution in [0.4, 0.5) is 5.82 Å². The standard InChI is InChI=1S/C8H11ClN4O/c1-5-12-6(9)4-8(13-5)11-3-2-7(10)14/h4H,2-3H2,1H3,(H2,10,14)(H,11,12,13). The number of aryl methyl sites for hydroxylation is 1. The molecule has 0 unspecified atom stereocenters. The summed E-state index contributed by atoms with van der Waals surface area (Å²) in [5.41, 5.74) is 4.98. The van der Waals surface area contributed by atoms with Gasteiger partial charge in [-0.2, -0.15) is 0 Å². The Hall–Kier alpha value is -1.36. The predicted molar refractivity (Wildman–Crippen MR) is 54.1 cm³/mol. The van der Waals surface area contributed by atoms with Crippen LogP contribution in [0.25, 0.3) is 0 Å². The van der Waals surface area contributed by atoms with E-state index in [4.69, 9.17) is 17.3 Å². The quantitative estimate of drug-likeness (QED) is 0.724. The van der Waals surface area contributed by atoms with Crippen LogP contribution in [0.3, 0.4) is 0 Å². The molecular formula is C8H11ClN4O. The Morgan fingerprint density at radius 3 is 2.93 bits per heavy atom. The number of carbonyl (C=O) groups is 1. The van der Waals surface area contributed by atoms with Crippen molar-refractivity contribution >= 4 is 23.3 Å². The number of primary amides is 1. The van der Waals surface area contributed by atoms with E-state index in [2.05, 4.69) is 15.3 Å². The molecule has 5 nitrogen and oxygen atoms in total. The van der Waals surface area contributed by atoms with Crippen LogP contribution in [-0.2, 0) is 4.79 Å². The van der Waals surface area contributed by atoms with E-state index in [1.54, 1.807) is 13.0 Å². The summed E-state index contributed by atoms with van der Waals surface area (Å²) in [6, 6.07) is 1.59. The van der Waals surface area contributed by atoms with Gasteiger partial charge in [-0.3, -0.25) is 4.79 Å². The molecule has 0 saturated carbocycles. The lowest BCUT2D eigenvalue weighted by molar-refractivity contribution is -0.117. The second-order valence-electron chi connectivity index (χ2n) is 2.77. The highest BCUT2D eigenvalue weighted by Gasteiger charge is 1.99. The normalized spacial score (nSPS) is 9.86. The molecule has 1 aromatic rings. The summed E-state index contributed by atoms with van der Waals surface area (Å²) < 4.78 is 0. The fourth-order valence-electron chi connectivity index (χ4n) is 0.936. The van der Waals surface area contributed by atoms with E-state index in [1.165, 1.54) is 0 Å². The molecule has 0 fully saturated rings. The molecule has 0 aliphatic carbocycles. The van der Waals surface area contributed by atoms with E-state index >= 15 is 0 Å². The van der Waals surface area contributed by atoms with Crippen LogP contribution in [0, 0.1) is 6.92 Å². The van der Waals surface area contributed by atoms with Gasteiger partial charge in [0.25, 0.3) is 0 Å². The number of hydrogen-bond donors (Lipinski definition) is 2. The molecule has 1 aromatic heterocycles. The summed E-state index contributed by atoms with van der Waals surface area (Å²) in [5, 5.41) is 3.30. The Morgan fingerprint density at radius 1 is 1.64 bits per heavy atom. The maximum atomic E-state index is 10.4. The fraction of sp³-hybridized carbons (Fsp3) is 0.375. The average molecular weight is 215 g/mol. The number of amides is 1. The lowest BCUT2D eigenvalue weighted by Gasteiger charge is -2.04. The molecule has 1 heterocycles. The number of anilines is 1. The van der Waals surface area contributed by atoms with Gasteiger partial charge in [0.1, 0.15) is 16.8 Å². The zero-order valence-corrected chi connectivity index (χ0v) is 8.51. The highest BCUT2D eigenvalue weighted by atomic mass is 35.5.